The molecule has 10 heteroatoms. The van der Waals surface area contributed by atoms with E-state index < -0.39 is 13.9 Å². The molecule has 1 heterocycles. The average Bonchev–Trinajstić information content (AvgIpc) is 3.88. The lowest BCUT2D eigenvalue weighted by Crippen LogP contribution is -2.37. The third-order valence-corrected chi connectivity index (χ3v) is 10.4. The first-order chi connectivity index (χ1) is 26.1. The van der Waals surface area contributed by atoms with E-state index in [0.717, 1.165) is 38.5 Å². The van der Waals surface area contributed by atoms with Crippen LogP contribution < -0.4 is 0 Å². The van der Waals surface area contributed by atoms with Crippen LogP contribution in [0.3, 0.4) is 0 Å². The topological polar surface area (TPSA) is 104 Å². The maximum absolute atomic E-state index is 12.5. The molecule has 1 saturated heterocycles. The number of quaternary nitrogens is 1. The number of allylic oxidation sites excluding steroid dienone is 5. The summed E-state index contributed by atoms with van der Waals surface area (Å²) in [5.74, 6) is -0.336. The highest BCUT2D eigenvalue weighted by Crippen LogP contribution is 2.43. The van der Waals surface area contributed by atoms with Gasteiger partial charge in [-0.05, 0) is 63.9 Å². The summed E-state index contributed by atoms with van der Waals surface area (Å²) in [5.41, 5.74) is 0. The van der Waals surface area contributed by atoms with E-state index in [1.165, 1.54) is 96.3 Å². The Morgan fingerprint density at radius 1 is 0.685 bits per heavy atom. The second kappa shape index (κ2) is 33.4. The van der Waals surface area contributed by atoms with E-state index in [1.54, 1.807) is 6.26 Å². The van der Waals surface area contributed by atoms with Gasteiger partial charge in [0.25, 0.3) is 0 Å². The zero-order valence-electron chi connectivity index (χ0n) is 35.1. The molecule has 0 amide bonds. The molecule has 3 unspecified atom stereocenters. The minimum Gasteiger partial charge on any atom is -0.492 e. The van der Waals surface area contributed by atoms with E-state index in [4.69, 9.17) is 23.3 Å². The Kier molecular flexibility index (Phi) is 31.1. The highest BCUT2D eigenvalue weighted by molar-refractivity contribution is 7.47. The minimum absolute atomic E-state index is 0.0775. The van der Waals surface area contributed by atoms with Crippen molar-refractivity contribution in [1.29, 1.82) is 0 Å². The summed E-state index contributed by atoms with van der Waals surface area (Å²) in [5, 5.41) is 0. The molecule has 0 radical (unpaired) electrons. The zero-order valence-corrected chi connectivity index (χ0v) is 36.0. The summed E-state index contributed by atoms with van der Waals surface area (Å²) in [6.07, 6.45) is 42.7. The fraction of sp³-hybridized carbons (Fsp3) is 0.795. The lowest BCUT2D eigenvalue weighted by molar-refractivity contribution is -0.870. The van der Waals surface area contributed by atoms with Crippen molar-refractivity contribution in [2.24, 2.45) is 0 Å². The maximum Gasteiger partial charge on any atom is 0.472 e. The summed E-state index contributed by atoms with van der Waals surface area (Å²) >= 11 is 0. The molecule has 0 aromatic rings. The van der Waals surface area contributed by atoms with Crippen molar-refractivity contribution in [3.05, 3.63) is 48.8 Å². The number of hydrogen-bond donors (Lipinski definition) is 1. The van der Waals surface area contributed by atoms with Crippen molar-refractivity contribution in [3.63, 3.8) is 0 Å². The Labute approximate surface area is 331 Å². The minimum atomic E-state index is -4.28. The van der Waals surface area contributed by atoms with Crippen molar-refractivity contribution in [1.82, 2.24) is 0 Å². The van der Waals surface area contributed by atoms with Gasteiger partial charge in [-0.2, -0.15) is 0 Å². The lowest BCUT2D eigenvalue weighted by atomic mass is 10.0. The van der Waals surface area contributed by atoms with Crippen LogP contribution in [0.4, 0.5) is 0 Å². The number of nitrogens with zero attached hydrogens (tertiary/aromatic N) is 1. The summed E-state index contributed by atoms with van der Waals surface area (Å²) in [6.45, 7) is 4.79. The van der Waals surface area contributed by atoms with Crippen molar-refractivity contribution in [2.75, 3.05) is 47.5 Å². The fourth-order valence-corrected chi connectivity index (χ4v) is 6.55. The Morgan fingerprint density at radius 2 is 1.20 bits per heavy atom. The fourth-order valence-electron chi connectivity index (χ4n) is 5.80. The Morgan fingerprint density at radius 3 is 1.85 bits per heavy atom. The standard InChI is InChI=1S/C44H80NO8P/c1-6-8-10-12-14-16-17-18-19-20-22-24-28-32-37-49-41(40-52-54(47,48)51-38-36-45(3,4)5)39-50-44(46)35-31-27-26-30-34-43-42(53-43)33-29-25-23-21-15-13-11-9-7-2/h15,21,25-26,29-30,32,37,41-43H,6-14,16-20,22-24,27-28,31,33-36,38-40H2,1-5H3/p+1/b21-15-,29-25-,30-26-,37-32+/t41-,42?,43?/m1/s1. The summed E-state index contributed by atoms with van der Waals surface area (Å²) in [6, 6.07) is 0. The third-order valence-electron chi connectivity index (χ3n) is 9.38. The van der Waals surface area contributed by atoms with Gasteiger partial charge < -0.3 is 23.6 Å². The molecule has 0 bridgehead atoms. The molecule has 314 valence electrons. The van der Waals surface area contributed by atoms with Crippen LogP contribution in [0.2, 0.25) is 0 Å². The number of likely N-dealkylation sites (N-methyl/N-ethyl adjacent to an activating group) is 1. The normalized spacial score (nSPS) is 18.0. The van der Waals surface area contributed by atoms with Crippen LogP contribution in [0, 0.1) is 0 Å². The third kappa shape index (κ3) is 33.6. The largest absolute Gasteiger partial charge is 0.492 e. The second-order valence-electron chi connectivity index (χ2n) is 15.8. The Balaban J connectivity index is 2.30. The molecule has 1 aliphatic rings. The van der Waals surface area contributed by atoms with E-state index >= 15 is 0 Å². The van der Waals surface area contributed by atoms with Gasteiger partial charge >= 0.3 is 13.8 Å². The Hall–Kier alpha value is -1.74. The first-order valence-electron chi connectivity index (χ1n) is 21.5. The molecule has 1 fully saturated rings. The lowest BCUT2D eigenvalue weighted by Gasteiger charge is -2.24. The number of epoxide rings is 1. The van der Waals surface area contributed by atoms with Gasteiger partial charge in [0, 0.05) is 6.42 Å². The maximum atomic E-state index is 12.5. The molecular formula is C44H81NO8P+. The van der Waals surface area contributed by atoms with Crippen LogP contribution in [-0.2, 0) is 32.6 Å². The van der Waals surface area contributed by atoms with Gasteiger partial charge in [-0.1, -0.05) is 134 Å². The van der Waals surface area contributed by atoms with Crippen LogP contribution in [0.15, 0.2) is 48.8 Å². The van der Waals surface area contributed by atoms with E-state index in [1.807, 2.05) is 27.2 Å². The molecule has 0 spiro atoms. The highest BCUT2D eigenvalue weighted by atomic mass is 31.2. The smallest absolute Gasteiger partial charge is 0.472 e. The van der Waals surface area contributed by atoms with Gasteiger partial charge in [0.15, 0.2) is 6.10 Å². The van der Waals surface area contributed by atoms with Gasteiger partial charge in [-0.3, -0.25) is 13.8 Å². The number of phosphoric acid groups is 1. The molecule has 0 aliphatic carbocycles. The van der Waals surface area contributed by atoms with Gasteiger partial charge in [0.1, 0.15) is 19.8 Å². The molecule has 4 atom stereocenters. The van der Waals surface area contributed by atoms with Crippen LogP contribution in [0.25, 0.3) is 0 Å². The van der Waals surface area contributed by atoms with Crippen LogP contribution in [-0.4, -0.2) is 81.2 Å². The Bertz CT molecular complexity index is 1070. The SMILES string of the molecule is CCCCC/C=C\C/C=C\CC1OC1C/C=C\CCCC(=O)OC[C@H](COP(=O)(O)OCC[N+](C)(C)C)O/C=C/CCCCCCCCCCCCCC. The number of carbonyl (C=O) groups is 1. The molecule has 1 aliphatic heterocycles. The van der Waals surface area contributed by atoms with E-state index in [-0.39, 0.29) is 38.3 Å². The number of phosphoric ester groups is 1. The quantitative estimate of drug-likeness (QED) is 0.0126. The van der Waals surface area contributed by atoms with Crippen molar-refractivity contribution < 1.29 is 42.0 Å². The van der Waals surface area contributed by atoms with Crippen molar-refractivity contribution in [3.8, 4) is 0 Å². The predicted octanol–water partition coefficient (Wildman–Crippen LogP) is 11.7. The molecule has 1 N–H and O–H groups in total. The van der Waals surface area contributed by atoms with E-state index in [0.29, 0.717) is 23.6 Å². The molecule has 0 aromatic carbocycles. The average molecular weight is 783 g/mol. The van der Waals surface area contributed by atoms with Crippen molar-refractivity contribution >= 4 is 13.8 Å². The second-order valence-corrected chi connectivity index (χ2v) is 17.3. The zero-order chi connectivity index (χ0) is 39.6. The monoisotopic (exact) mass is 783 g/mol. The van der Waals surface area contributed by atoms with Gasteiger partial charge in [-0.25, -0.2) is 4.57 Å². The number of esters is 1. The van der Waals surface area contributed by atoms with E-state index in [9.17, 15) is 14.3 Å². The van der Waals surface area contributed by atoms with Gasteiger partial charge in [0.05, 0.1) is 46.2 Å². The van der Waals surface area contributed by atoms with Crippen LogP contribution in [0.1, 0.15) is 162 Å². The number of hydrogen-bond acceptors (Lipinski definition) is 7. The number of unbranched alkanes of at least 4 members (excludes halogenated alkanes) is 16. The molecule has 9 nitrogen and oxygen atoms in total. The molecule has 54 heavy (non-hydrogen) atoms. The molecular weight excluding hydrogens is 701 g/mol. The number of ether oxygens (including phenoxy) is 3. The summed E-state index contributed by atoms with van der Waals surface area (Å²) in [7, 11) is 1.63. The van der Waals surface area contributed by atoms with Crippen LogP contribution in [0.5, 0.6) is 0 Å². The number of rotatable bonds is 38. The first-order valence-corrected chi connectivity index (χ1v) is 23.0. The summed E-state index contributed by atoms with van der Waals surface area (Å²) in [4.78, 5) is 22.7. The molecule has 1 rings (SSSR count). The molecule has 0 saturated carbocycles. The van der Waals surface area contributed by atoms with Crippen LogP contribution >= 0.6 is 7.82 Å². The van der Waals surface area contributed by atoms with Gasteiger partial charge in [0.2, 0.25) is 0 Å². The highest BCUT2D eigenvalue weighted by Gasteiger charge is 2.36. The number of carbonyl (C=O) groups excluding carboxylic acids is 1. The van der Waals surface area contributed by atoms with Gasteiger partial charge in [-0.15, -0.1) is 0 Å². The van der Waals surface area contributed by atoms with Crippen molar-refractivity contribution in [2.45, 2.75) is 180 Å². The predicted molar refractivity (Wildman–Crippen MR) is 223 cm³/mol. The first kappa shape index (κ1) is 50.3. The summed E-state index contributed by atoms with van der Waals surface area (Å²) < 4.78 is 40.5. The van der Waals surface area contributed by atoms with E-state index in [2.05, 4.69) is 50.3 Å². The molecule has 0 aromatic heterocycles.